The molecule has 3 aromatic rings. The monoisotopic (exact) mass is 334 g/mol. The predicted molar refractivity (Wildman–Crippen MR) is 77.5 cm³/mol. The van der Waals surface area contributed by atoms with Gasteiger partial charge in [0.1, 0.15) is 0 Å². The Morgan fingerprint density at radius 3 is 2.89 bits per heavy atom. The van der Waals surface area contributed by atoms with Crippen molar-refractivity contribution in [1.29, 1.82) is 0 Å². The van der Waals surface area contributed by atoms with Crippen LogP contribution in [0.2, 0.25) is 0 Å². The molecule has 3 rings (SSSR count). The summed E-state index contributed by atoms with van der Waals surface area (Å²) in [5.74, 6) is -0.962. The minimum atomic E-state index is -0.962. The topological polar surface area (TPSA) is 63.1 Å². The van der Waals surface area contributed by atoms with E-state index in [0.29, 0.717) is 16.6 Å². The van der Waals surface area contributed by atoms with Crippen molar-refractivity contribution in [3.8, 4) is 10.6 Å². The van der Waals surface area contributed by atoms with E-state index < -0.39 is 5.97 Å². The number of fused-ring (bicyclic) bond motifs is 1. The Hall–Kier alpha value is -1.79. The second-order valence-corrected chi connectivity index (χ2v) is 5.60. The van der Waals surface area contributed by atoms with Crippen LogP contribution in [0.4, 0.5) is 0 Å². The molecule has 0 bridgehead atoms. The first kappa shape index (κ1) is 12.3. The van der Waals surface area contributed by atoms with Gasteiger partial charge in [0.05, 0.1) is 27.2 Å². The molecule has 2 aromatic heterocycles. The maximum atomic E-state index is 11.4. The van der Waals surface area contributed by atoms with Gasteiger partial charge in [-0.2, -0.15) is 0 Å². The minimum Gasteiger partial charge on any atom is -0.478 e. The first-order valence-electron chi connectivity index (χ1n) is 5.38. The molecule has 0 amide bonds. The van der Waals surface area contributed by atoms with Gasteiger partial charge in [-0.1, -0.05) is 12.1 Å². The molecule has 1 N–H and O–H groups in total. The van der Waals surface area contributed by atoms with Crippen LogP contribution >= 0.6 is 27.3 Å². The number of carboxylic acid groups (broad SMARTS) is 1. The van der Waals surface area contributed by atoms with Crippen molar-refractivity contribution in [1.82, 2.24) is 9.97 Å². The number of thiazole rings is 1. The second kappa shape index (κ2) is 4.71. The molecule has 94 valence electrons. The van der Waals surface area contributed by atoms with Crippen LogP contribution in [0, 0.1) is 0 Å². The Labute approximate surface area is 120 Å². The molecule has 2 heterocycles. The minimum absolute atomic E-state index is 0.245. The third kappa shape index (κ3) is 2.13. The van der Waals surface area contributed by atoms with Gasteiger partial charge in [0, 0.05) is 16.1 Å². The number of benzene rings is 1. The quantitative estimate of drug-likeness (QED) is 0.773. The SMILES string of the molecule is O=C(O)c1cc(-c2cncs2)nc2c(Br)cccc12. The molecule has 0 saturated carbocycles. The van der Waals surface area contributed by atoms with Crippen LogP contribution in [0.1, 0.15) is 10.4 Å². The number of rotatable bonds is 2. The summed E-state index contributed by atoms with van der Waals surface area (Å²) in [6.45, 7) is 0. The van der Waals surface area contributed by atoms with E-state index in [9.17, 15) is 9.90 Å². The molecule has 0 aliphatic heterocycles. The highest BCUT2D eigenvalue weighted by Crippen LogP contribution is 2.30. The zero-order chi connectivity index (χ0) is 13.4. The summed E-state index contributed by atoms with van der Waals surface area (Å²) in [6.07, 6.45) is 1.68. The summed E-state index contributed by atoms with van der Waals surface area (Å²) >= 11 is 4.84. The summed E-state index contributed by atoms with van der Waals surface area (Å²) in [4.78, 5) is 20.8. The summed E-state index contributed by atoms with van der Waals surface area (Å²) in [6, 6.07) is 6.99. The molecule has 0 unspecified atom stereocenters. The summed E-state index contributed by atoms with van der Waals surface area (Å²) in [7, 11) is 0. The molecule has 4 nitrogen and oxygen atoms in total. The van der Waals surface area contributed by atoms with Crippen molar-refractivity contribution in [2.45, 2.75) is 0 Å². The number of para-hydroxylation sites is 1. The molecule has 1 aromatic carbocycles. The van der Waals surface area contributed by atoms with Gasteiger partial charge in [0.15, 0.2) is 0 Å². The lowest BCUT2D eigenvalue weighted by Crippen LogP contribution is -2.00. The predicted octanol–water partition coefficient (Wildman–Crippen LogP) is 3.82. The number of carboxylic acids is 1. The zero-order valence-electron chi connectivity index (χ0n) is 9.50. The van der Waals surface area contributed by atoms with Gasteiger partial charge in [-0.3, -0.25) is 4.98 Å². The van der Waals surface area contributed by atoms with Gasteiger partial charge in [-0.25, -0.2) is 9.78 Å². The second-order valence-electron chi connectivity index (χ2n) is 3.86. The van der Waals surface area contributed by atoms with Crippen molar-refractivity contribution < 1.29 is 9.90 Å². The average Bonchev–Trinajstić information content (AvgIpc) is 2.92. The zero-order valence-corrected chi connectivity index (χ0v) is 11.9. The molecule has 0 spiro atoms. The Morgan fingerprint density at radius 1 is 1.37 bits per heavy atom. The van der Waals surface area contributed by atoms with E-state index in [0.717, 1.165) is 9.35 Å². The molecular formula is C13H7BrN2O2S. The summed E-state index contributed by atoms with van der Waals surface area (Å²) in [5, 5.41) is 9.96. The van der Waals surface area contributed by atoms with Crippen LogP contribution in [0.5, 0.6) is 0 Å². The molecule has 0 radical (unpaired) electrons. The number of carbonyl (C=O) groups is 1. The highest BCUT2D eigenvalue weighted by atomic mass is 79.9. The number of nitrogens with zero attached hydrogens (tertiary/aromatic N) is 2. The van der Waals surface area contributed by atoms with E-state index in [1.54, 1.807) is 29.9 Å². The van der Waals surface area contributed by atoms with Crippen LogP contribution in [0.3, 0.4) is 0 Å². The van der Waals surface area contributed by atoms with Crippen LogP contribution in [0.25, 0.3) is 21.5 Å². The normalized spacial score (nSPS) is 10.8. The van der Waals surface area contributed by atoms with Gasteiger partial charge < -0.3 is 5.11 Å². The lowest BCUT2D eigenvalue weighted by Gasteiger charge is -2.06. The summed E-state index contributed by atoms with van der Waals surface area (Å²) < 4.78 is 0.777. The third-order valence-corrected chi connectivity index (χ3v) is 4.14. The largest absolute Gasteiger partial charge is 0.478 e. The van der Waals surface area contributed by atoms with Crippen molar-refractivity contribution in [2.75, 3.05) is 0 Å². The lowest BCUT2D eigenvalue weighted by molar-refractivity contribution is 0.0699. The van der Waals surface area contributed by atoms with Gasteiger partial charge >= 0.3 is 5.97 Å². The molecule has 0 saturated heterocycles. The number of hydrogen-bond acceptors (Lipinski definition) is 4. The number of aromatic carboxylic acids is 1. The maximum absolute atomic E-state index is 11.4. The number of hydrogen-bond donors (Lipinski definition) is 1. The Balaban J connectivity index is 2.38. The Bertz CT molecular complexity index is 772. The highest BCUT2D eigenvalue weighted by molar-refractivity contribution is 9.10. The smallest absolute Gasteiger partial charge is 0.336 e. The highest BCUT2D eigenvalue weighted by Gasteiger charge is 2.14. The van der Waals surface area contributed by atoms with Crippen molar-refractivity contribution >= 4 is 44.1 Å². The number of aromatic nitrogens is 2. The molecule has 19 heavy (non-hydrogen) atoms. The van der Waals surface area contributed by atoms with E-state index >= 15 is 0 Å². The lowest BCUT2D eigenvalue weighted by atomic mass is 10.1. The Morgan fingerprint density at radius 2 is 2.21 bits per heavy atom. The maximum Gasteiger partial charge on any atom is 0.336 e. The van der Waals surface area contributed by atoms with E-state index in [4.69, 9.17) is 0 Å². The fourth-order valence-electron chi connectivity index (χ4n) is 1.86. The van der Waals surface area contributed by atoms with Crippen molar-refractivity contribution in [2.24, 2.45) is 0 Å². The molecule has 6 heteroatoms. The molecule has 0 aliphatic carbocycles. The van der Waals surface area contributed by atoms with Crippen LogP contribution in [-0.4, -0.2) is 21.0 Å². The van der Waals surface area contributed by atoms with Gasteiger partial charge in [-0.15, -0.1) is 11.3 Å². The van der Waals surface area contributed by atoms with Gasteiger partial charge in [0.25, 0.3) is 0 Å². The first-order chi connectivity index (χ1) is 9.16. The van der Waals surface area contributed by atoms with E-state index in [2.05, 4.69) is 25.9 Å². The first-order valence-corrected chi connectivity index (χ1v) is 7.05. The van der Waals surface area contributed by atoms with Crippen LogP contribution in [-0.2, 0) is 0 Å². The van der Waals surface area contributed by atoms with Crippen LogP contribution < -0.4 is 0 Å². The Kier molecular flexibility index (Phi) is 3.04. The van der Waals surface area contributed by atoms with Crippen molar-refractivity contribution in [3.05, 3.63) is 46.0 Å². The molecule has 0 fully saturated rings. The van der Waals surface area contributed by atoms with Gasteiger partial charge in [-0.05, 0) is 28.1 Å². The fraction of sp³-hybridized carbons (Fsp3) is 0. The average molecular weight is 335 g/mol. The van der Waals surface area contributed by atoms with E-state index in [1.807, 2.05) is 6.07 Å². The van der Waals surface area contributed by atoms with E-state index in [-0.39, 0.29) is 5.56 Å². The third-order valence-electron chi connectivity index (χ3n) is 2.71. The van der Waals surface area contributed by atoms with Gasteiger partial charge in [0.2, 0.25) is 0 Å². The summed E-state index contributed by atoms with van der Waals surface area (Å²) in [5.41, 5.74) is 3.21. The number of pyridine rings is 1. The van der Waals surface area contributed by atoms with E-state index in [1.165, 1.54) is 11.3 Å². The fourth-order valence-corrected chi connectivity index (χ4v) is 2.90. The van der Waals surface area contributed by atoms with Crippen LogP contribution in [0.15, 0.2) is 40.4 Å². The standard InChI is InChI=1S/C13H7BrN2O2S/c14-9-3-1-2-7-8(13(17)18)4-10(16-12(7)9)11-5-15-6-19-11/h1-6H,(H,17,18). The molecular weight excluding hydrogens is 328 g/mol. The van der Waals surface area contributed by atoms with Crippen molar-refractivity contribution in [3.63, 3.8) is 0 Å². The molecule has 0 aliphatic rings. The number of halogens is 1. The molecule has 0 atom stereocenters.